The molecule has 2 heteroatoms. The molecule has 0 amide bonds. The molecule has 0 radical (unpaired) electrons. The largest absolute Gasteiger partial charge is 0.297 e. The first-order valence-electron chi connectivity index (χ1n) is 7.89. The van der Waals surface area contributed by atoms with E-state index in [4.69, 9.17) is 0 Å². The lowest BCUT2D eigenvalue weighted by Gasteiger charge is -2.29. The van der Waals surface area contributed by atoms with Crippen molar-refractivity contribution in [3.8, 4) is 6.07 Å². The number of hydrogen-bond acceptors (Lipinski definition) is 2. The molecule has 0 bridgehead atoms. The fraction of sp³-hybridized carbons (Fsp3) is 0.938. The molecule has 2 nitrogen and oxygen atoms in total. The summed E-state index contributed by atoms with van der Waals surface area (Å²) in [6.45, 7) is 4.32. The highest BCUT2D eigenvalue weighted by Gasteiger charge is 2.26. The van der Waals surface area contributed by atoms with Crippen LogP contribution in [0.3, 0.4) is 0 Å². The van der Waals surface area contributed by atoms with E-state index in [1.807, 2.05) is 0 Å². The number of nitrogens with zero attached hydrogens (tertiary/aromatic N) is 1. The molecular formula is C16H30N2. The summed E-state index contributed by atoms with van der Waals surface area (Å²) in [5, 5.41) is 13.1. The summed E-state index contributed by atoms with van der Waals surface area (Å²) < 4.78 is 0. The fourth-order valence-corrected chi connectivity index (χ4v) is 2.94. The lowest BCUT2D eigenvalue weighted by Crippen LogP contribution is -2.47. The van der Waals surface area contributed by atoms with Crippen LogP contribution in [0.1, 0.15) is 84.5 Å². The summed E-state index contributed by atoms with van der Waals surface area (Å²) in [5.74, 6) is 0. The average Bonchev–Trinajstić information content (AvgIpc) is 2.63. The summed E-state index contributed by atoms with van der Waals surface area (Å²) in [5.41, 5.74) is -0.303. The van der Waals surface area contributed by atoms with Gasteiger partial charge >= 0.3 is 0 Å². The minimum atomic E-state index is -0.303. The Hall–Kier alpha value is -0.550. The van der Waals surface area contributed by atoms with E-state index in [1.165, 1.54) is 64.2 Å². The predicted molar refractivity (Wildman–Crippen MR) is 77.4 cm³/mol. The Labute approximate surface area is 113 Å². The van der Waals surface area contributed by atoms with Gasteiger partial charge in [-0.25, -0.2) is 0 Å². The van der Waals surface area contributed by atoms with Crippen LogP contribution in [0.25, 0.3) is 0 Å². The normalized spacial score (nSPS) is 20.9. The third-order valence-corrected chi connectivity index (χ3v) is 4.15. The second-order valence-electron chi connectivity index (χ2n) is 6.09. The molecule has 0 aliphatic heterocycles. The maximum Gasteiger partial charge on any atom is 0.104 e. The Kier molecular flexibility index (Phi) is 7.35. The molecule has 18 heavy (non-hydrogen) atoms. The molecule has 1 unspecified atom stereocenters. The van der Waals surface area contributed by atoms with E-state index in [1.54, 1.807) is 0 Å². The van der Waals surface area contributed by atoms with Crippen LogP contribution in [-0.2, 0) is 0 Å². The minimum Gasteiger partial charge on any atom is -0.297 e. The molecule has 1 aliphatic carbocycles. The van der Waals surface area contributed by atoms with Gasteiger partial charge in [-0.05, 0) is 26.2 Å². The molecule has 1 fully saturated rings. The Balaban J connectivity index is 2.35. The van der Waals surface area contributed by atoms with E-state index in [9.17, 15) is 5.26 Å². The van der Waals surface area contributed by atoms with Crippen molar-refractivity contribution in [3.05, 3.63) is 0 Å². The van der Waals surface area contributed by atoms with Crippen LogP contribution in [0.4, 0.5) is 0 Å². The molecule has 0 heterocycles. The van der Waals surface area contributed by atoms with Crippen LogP contribution < -0.4 is 5.32 Å². The molecule has 1 atom stereocenters. The van der Waals surface area contributed by atoms with Crippen LogP contribution in [-0.4, -0.2) is 11.6 Å². The van der Waals surface area contributed by atoms with Crippen LogP contribution >= 0.6 is 0 Å². The molecule has 104 valence electrons. The predicted octanol–water partition coefficient (Wildman–Crippen LogP) is 4.55. The summed E-state index contributed by atoms with van der Waals surface area (Å²) in [4.78, 5) is 0. The molecule has 1 saturated carbocycles. The van der Waals surface area contributed by atoms with Gasteiger partial charge in [-0.15, -0.1) is 0 Å². The standard InChI is InChI=1S/C16H30N2/c1-3-4-5-10-13-16(2,14-17)18-15-11-8-6-7-9-12-15/h15,18H,3-13H2,1-2H3. The lowest BCUT2D eigenvalue weighted by atomic mass is 9.93. The minimum absolute atomic E-state index is 0.303. The summed E-state index contributed by atoms with van der Waals surface area (Å²) in [6.07, 6.45) is 13.9. The Bertz CT molecular complexity index is 248. The number of nitrogens with one attached hydrogen (secondary N) is 1. The van der Waals surface area contributed by atoms with Crippen molar-refractivity contribution >= 4 is 0 Å². The van der Waals surface area contributed by atoms with Gasteiger partial charge in [0.05, 0.1) is 6.07 Å². The van der Waals surface area contributed by atoms with Crippen LogP contribution in [0, 0.1) is 11.3 Å². The second-order valence-corrected chi connectivity index (χ2v) is 6.09. The monoisotopic (exact) mass is 250 g/mol. The van der Waals surface area contributed by atoms with Gasteiger partial charge in [-0.1, -0.05) is 58.3 Å². The molecule has 1 rings (SSSR count). The van der Waals surface area contributed by atoms with Gasteiger partial charge in [0.15, 0.2) is 0 Å². The zero-order chi connectivity index (χ0) is 13.3. The van der Waals surface area contributed by atoms with Gasteiger partial charge in [0.2, 0.25) is 0 Å². The van der Waals surface area contributed by atoms with Crippen molar-refractivity contribution in [2.45, 2.75) is 96.1 Å². The van der Waals surface area contributed by atoms with Crippen molar-refractivity contribution in [1.29, 1.82) is 5.26 Å². The Morgan fingerprint density at radius 2 is 1.78 bits per heavy atom. The van der Waals surface area contributed by atoms with E-state index >= 15 is 0 Å². The van der Waals surface area contributed by atoms with Gasteiger partial charge in [-0.3, -0.25) is 5.32 Å². The summed E-state index contributed by atoms with van der Waals surface area (Å²) in [6, 6.07) is 3.08. The van der Waals surface area contributed by atoms with Crippen molar-refractivity contribution < 1.29 is 0 Å². The quantitative estimate of drug-likeness (QED) is 0.531. The molecule has 0 saturated heterocycles. The van der Waals surface area contributed by atoms with Gasteiger partial charge in [0.1, 0.15) is 5.54 Å². The van der Waals surface area contributed by atoms with Crippen LogP contribution in [0.15, 0.2) is 0 Å². The fourth-order valence-electron chi connectivity index (χ4n) is 2.94. The van der Waals surface area contributed by atoms with Gasteiger partial charge in [0, 0.05) is 6.04 Å². The van der Waals surface area contributed by atoms with E-state index < -0.39 is 0 Å². The lowest BCUT2D eigenvalue weighted by molar-refractivity contribution is 0.326. The van der Waals surface area contributed by atoms with E-state index in [0.717, 1.165) is 6.42 Å². The van der Waals surface area contributed by atoms with Crippen molar-refractivity contribution in [2.24, 2.45) is 0 Å². The highest BCUT2D eigenvalue weighted by Crippen LogP contribution is 2.22. The molecule has 0 aromatic heterocycles. The maximum atomic E-state index is 9.43. The second kappa shape index (κ2) is 8.53. The molecule has 0 spiro atoms. The maximum absolute atomic E-state index is 9.43. The highest BCUT2D eigenvalue weighted by atomic mass is 15.0. The number of unbranched alkanes of at least 4 members (excludes halogenated alkanes) is 3. The van der Waals surface area contributed by atoms with Crippen molar-refractivity contribution in [3.63, 3.8) is 0 Å². The summed E-state index contributed by atoms with van der Waals surface area (Å²) in [7, 11) is 0. The smallest absolute Gasteiger partial charge is 0.104 e. The van der Waals surface area contributed by atoms with E-state index in [-0.39, 0.29) is 5.54 Å². The van der Waals surface area contributed by atoms with Crippen molar-refractivity contribution in [1.82, 2.24) is 5.32 Å². The van der Waals surface area contributed by atoms with E-state index in [2.05, 4.69) is 25.2 Å². The Morgan fingerprint density at radius 3 is 2.33 bits per heavy atom. The molecule has 0 aromatic rings. The van der Waals surface area contributed by atoms with Gasteiger partial charge in [-0.2, -0.15) is 5.26 Å². The molecule has 0 aromatic carbocycles. The first-order chi connectivity index (χ1) is 8.70. The summed E-state index contributed by atoms with van der Waals surface area (Å²) >= 11 is 0. The number of rotatable bonds is 7. The molecule has 1 N–H and O–H groups in total. The Morgan fingerprint density at radius 1 is 1.11 bits per heavy atom. The number of hydrogen-bond donors (Lipinski definition) is 1. The first kappa shape index (κ1) is 15.5. The van der Waals surface area contributed by atoms with E-state index in [0.29, 0.717) is 6.04 Å². The van der Waals surface area contributed by atoms with Crippen molar-refractivity contribution in [2.75, 3.05) is 0 Å². The third kappa shape index (κ3) is 5.87. The SMILES string of the molecule is CCCCCCC(C)(C#N)NC1CCCCCC1. The first-order valence-corrected chi connectivity index (χ1v) is 7.89. The van der Waals surface area contributed by atoms with Gasteiger partial charge in [0.25, 0.3) is 0 Å². The topological polar surface area (TPSA) is 35.8 Å². The number of nitriles is 1. The van der Waals surface area contributed by atoms with Crippen LogP contribution in [0.2, 0.25) is 0 Å². The third-order valence-electron chi connectivity index (χ3n) is 4.15. The molecular weight excluding hydrogens is 220 g/mol. The highest BCUT2D eigenvalue weighted by molar-refractivity contribution is 5.05. The zero-order valence-electron chi connectivity index (χ0n) is 12.3. The van der Waals surface area contributed by atoms with Crippen LogP contribution in [0.5, 0.6) is 0 Å². The van der Waals surface area contributed by atoms with Gasteiger partial charge < -0.3 is 0 Å². The zero-order valence-corrected chi connectivity index (χ0v) is 12.3. The average molecular weight is 250 g/mol. The molecule has 1 aliphatic rings.